The first-order chi connectivity index (χ1) is 18.6. The van der Waals surface area contributed by atoms with Gasteiger partial charge in [-0.25, -0.2) is 9.67 Å². The summed E-state index contributed by atoms with van der Waals surface area (Å²) in [5, 5.41) is 12.4. The number of aromatic nitrogens is 6. The van der Waals surface area contributed by atoms with Gasteiger partial charge in [-0.15, -0.1) is 5.10 Å². The number of hydrogen-bond donors (Lipinski definition) is 1. The predicted molar refractivity (Wildman–Crippen MR) is 143 cm³/mol. The lowest BCUT2D eigenvalue weighted by atomic mass is 9.78. The van der Waals surface area contributed by atoms with E-state index in [9.17, 15) is 4.79 Å². The van der Waals surface area contributed by atoms with Crippen molar-refractivity contribution < 1.29 is 4.74 Å². The first kappa shape index (κ1) is 23.8. The first-order valence-electron chi connectivity index (χ1n) is 13.8. The molecule has 1 unspecified atom stereocenters. The third-order valence-electron chi connectivity index (χ3n) is 8.48. The van der Waals surface area contributed by atoms with E-state index in [0.29, 0.717) is 22.8 Å². The van der Waals surface area contributed by atoms with Crippen LogP contribution in [0, 0.1) is 11.3 Å². The number of hydrogen-bond acceptors (Lipinski definition) is 9. The second-order valence-electron chi connectivity index (χ2n) is 11.6. The Kier molecular flexibility index (Phi) is 5.92. The fourth-order valence-electron chi connectivity index (χ4n) is 5.85. The van der Waals surface area contributed by atoms with E-state index in [2.05, 4.69) is 30.4 Å². The van der Waals surface area contributed by atoms with Gasteiger partial charge in [0.1, 0.15) is 23.4 Å². The minimum absolute atomic E-state index is 0.0476. The molecule has 0 bridgehead atoms. The van der Waals surface area contributed by atoms with Crippen LogP contribution in [0.25, 0.3) is 11.4 Å². The molecule has 1 aliphatic carbocycles. The van der Waals surface area contributed by atoms with Crippen molar-refractivity contribution in [1.82, 2.24) is 34.8 Å². The zero-order valence-corrected chi connectivity index (χ0v) is 21.9. The number of rotatable bonds is 8. The Morgan fingerprint density at radius 1 is 1.16 bits per heavy atom. The average molecular weight is 518 g/mol. The molecular formula is C27H35N9O2. The minimum Gasteiger partial charge on any atom is -0.380 e. The maximum absolute atomic E-state index is 13.1. The second-order valence-corrected chi connectivity index (χ2v) is 11.6. The van der Waals surface area contributed by atoms with E-state index in [-0.39, 0.29) is 11.7 Å². The lowest BCUT2D eigenvalue weighted by Gasteiger charge is -2.55. The molecule has 6 heterocycles. The van der Waals surface area contributed by atoms with Crippen molar-refractivity contribution >= 4 is 11.5 Å². The Hall–Kier alpha value is -3.31. The monoisotopic (exact) mass is 517 g/mol. The summed E-state index contributed by atoms with van der Waals surface area (Å²) < 4.78 is 8.77. The van der Waals surface area contributed by atoms with Crippen molar-refractivity contribution in [2.45, 2.75) is 44.8 Å². The van der Waals surface area contributed by atoms with Gasteiger partial charge in [-0.05, 0) is 51.1 Å². The molecule has 4 aliphatic rings. The number of pyridine rings is 1. The Morgan fingerprint density at radius 2 is 2.03 bits per heavy atom. The molecule has 0 aromatic carbocycles. The highest BCUT2D eigenvalue weighted by atomic mass is 16.5. The van der Waals surface area contributed by atoms with E-state index in [1.807, 2.05) is 25.4 Å². The van der Waals surface area contributed by atoms with Crippen LogP contribution in [0.15, 0.2) is 41.7 Å². The van der Waals surface area contributed by atoms with Gasteiger partial charge < -0.3 is 19.9 Å². The summed E-state index contributed by atoms with van der Waals surface area (Å²) in [5.41, 5.74) is 2.56. The Bertz CT molecular complexity index is 1350. The summed E-state index contributed by atoms with van der Waals surface area (Å²) in [6.45, 7) is 8.57. The molecule has 4 fully saturated rings. The van der Waals surface area contributed by atoms with Crippen molar-refractivity contribution in [3.8, 4) is 11.4 Å². The summed E-state index contributed by atoms with van der Waals surface area (Å²) in [5.74, 6) is 1.72. The van der Waals surface area contributed by atoms with Crippen molar-refractivity contribution in [1.29, 1.82) is 0 Å². The third-order valence-corrected chi connectivity index (χ3v) is 8.48. The molecule has 200 valence electrons. The van der Waals surface area contributed by atoms with E-state index in [1.54, 1.807) is 27.7 Å². The molecule has 7 rings (SSSR count). The maximum Gasteiger partial charge on any atom is 0.254 e. The molecule has 3 aromatic heterocycles. The molecule has 38 heavy (non-hydrogen) atoms. The zero-order valence-electron chi connectivity index (χ0n) is 21.9. The van der Waals surface area contributed by atoms with Gasteiger partial charge in [0, 0.05) is 50.2 Å². The standard InChI is InChI=1S/C27H35N9O2/c1-19(35-8-6-22(9-26(35)37)33-7-2-3-21(13-33)29-10-20-4-5-20)36-14-24(31-32-36)23-11-28-12-25(30-23)34-15-27(16-34)17-38-18-27/h6,8-9,11-12,14,19-21,29H,2-5,7,10,13,15-18H2,1H3/t19?,21-/m1/s1. The Labute approximate surface area is 221 Å². The molecule has 11 heteroatoms. The van der Waals surface area contributed by atoms with E-state index >= 15 is 0 Å². The highest BCUT2D eigenvalue weighted by Gasteiger charge is 2.49. The van der Waals surface area contributed by atoms with Crippen LogP contribution in [-0.4, -0.2) is 81.5 Å². The number of piperidine rings is 1. The van der Waals surface area contributed by atoms with Crippen molar-refractivity contribution in [3.63, 3.8) is 0 Å². The normalized spacial score (nSPS) is 23.2. The molecule has 1 N–H and O–H groups in total. The lowest BCUT2D eigenvalue weighted by molar-refractivity contribution is -0.127. The summed E-state index contributed by atoms with van der Waals surface area (Å²) in [4.78, 5) is 26.9. The summed E-state index contributed by atoms with van der Waals surface area (Å²) in [6.07, 6.45) is 11.9. The summed E-state index contributed by atoms with van der Waals surface area (Å²) in [7, 11) is 0. The van der Waals surface area contributed by atoms with Crippen molar-refractivity contribution in [2.24, 2.45) is 11.3 Å². The van der Waals surface area contributed by atoms with Gasteiger partial charge >= 0.3 is 0 Å². The second kappa shape index (κ2) is 9.46. The largest absolute Gasteiger partial charge is 0.380 e. The maximum atomic E-state index is 13.1. The van der Waals surface area contributed by atoms with Gasteiger partial charge in [-0.3, -0.25) is 14.3 Å². The van der Waals surface area contributed by atoms with Gasteiger partial charge in [0.25, 0.3) is 5.56 Å². The van der Waals surface area contributed by atoms with Gasteiger partial charge in [-0.2, -0.15) is 0 Å². The fraction of sp³-hybridized carbons (Fsp3) is 0.593. The van der Waals surface area contributed by atoms with Crippen molar-refractivity contribution in [3.05, 3.63) is 47.3 Å². The quantitative estimate of drug-likeness (QED) is 0.478. The van der Waals surface area contributed by atoms with Gasteiger partial charge in [0.05, 0.1) is 37.2 Å². The van der Waals surface area contributed by atoms with Crippen LogP contribution in [0.3, 0.4) is 0 Å². The Balaban J connectivity index is 1.03. The summed E-state index contributed by atoms with van der Waals surface area (Å²) >= 11 is 0. The summed E-state index contributed by atoms with van der Waals surface area (Å²) in [6, 6.07) is 4.29. The average Bonchev–Trinajstić information content (AvgIpc) is 3.59. The molecule has 3 aliphatic heterocycles. The van der Waals surface area contributed by atoms with Crippen LogP contribution < -0.4 is 20.7 Å². The highest BCUT2D eigenvalue weighted by Crippen LogP contribution is 2.39. The fourth-order valence-corrected chi connectivity index (χ4v) is 5.85. The van der Waals surface area contributed by atoms with Crippen LogP contribution in [-0.2, 0) is 4.74 Å². The molecule has 1 spiro atoms. The predicted octanol–water partition coefficient (Wildman–Crippen LogP) is 1.77. The van der Waals surface area contributed by atoms with Gasteiger partial charge in [0.15, 0.2) is 0 Å². The molecule has 3 aromatic rings. The molecule has 0 amide bonds. The van der Waals surface area contributed by atoms with E-state index in [0.717, 1.165) is 69.8 Å². The Morgan fingerprint density at radius 3 is 2.79 bits per heavy atom. The molecule has 3 saturated heterocycles. The third kappa shape index (κ3) is 4.58. The van der Waals surface area contributed by atoms with Crippen LogP contribution in [0.2, 0.25) is 0 Å². The van der Waals surface area contributed by atoms with E-state index in [1.165, 1.54) is 19.3 Å². The number of nitrogens with zero attached hydrogens (tertiary/aromatic N) is 8. The lowest BCUT2D eigenvalue weighted by Crippen LogP contribution is -2.66. The van der Waals surface area contributed by atoms with Crippen LogP contribution >= 0.6 is 0 Å². The molecular weight excluding hydrogens is 482 g/mol. The van der Waals surface area contributed by atoms with Crippen LogP contribution in [0.1, 0.15) is 38.8 Å². The molecule has 1 saturated carbocycles. The van der Waals surface area contributed by atoms with Gasteiger partial charge in [-0.1, -0.05) is 5.21 Å². The number of nitrogens with one attached hydrogen (secondary N) is 1. The minimum atomic E-state index is -0.322. The number of ether oxygens (including phenoxy) is 1. The SMILES string of the molecule is CC(n1cc(-c2cncc(N3CC4(COC4)C3)n2)nn1)n1ccc(N2CCC[C@@H](NCC3CC3)C2)cc1=O. The molecule has 0 radical (unpaired) electrons. The number of anilines is 2. The topological polar surface area (TPSA) is 106 Å². The van der Waals surface area contributed by atoms with Gasteiger partial charge in [0.2, 0.25) is 0 Å². The highest BCUT2D eigenvalue weighted by molar-refractivity contribution is 5.55. The smallest absolute Gasteiger partial charge is 0.254 e. The van der Waals surface area contributed by atoms with Crippen LogP contribution in [0.5, 0.6) is 0 Å². The van der Waals surface area contributed by atoms with E-state index < -0.39 is 0 Å². The zero-order chi connectivity index (χ0) is 25.7. The van der Waals surface area contributed by atoms with Crippen molar-refractivity contribution in [2.75, 3.05) is 55.7 Å². The molecule has 11 nitrogen and oxygen atoms in total. The van der Waals surface area contributed by atoms with E-state index in [4.69, 9.17) is 9.72 Å². The first-order valence-corrected chi connectivity index (χ1v) is 13.8. The van der Waals surface area contributed by atoms with Crippen LogP contribution in [0.4, 0.5) is 11.5 Å². The molecule has 2 atom stereocenters.